The normalized spacial score (nSPS) is 18.1. The Balaban J connectivity index is 1.46. The van der Waals surface area contributed by atoms with Gasteiger partial charge in [-0.25, -0.2) is 9.38 Å². The predicted octanol–water partition coefficient (Wildman–Crippen LogP) is 5.43. The second-order valence-corrected chi connectivity index (χ2v) is 9.11. The molecule has 1 aliphatic heterocycles. The number of aryl methyl sites for hydroxylation is 1. The van der Waals surface area contributed by atoms with Crippen LogP contribution >= 0.6 is 23.1 Å². The van der Waals surface area contributed by atoms with Gasteiger partial charge in [0.2, 0.25) is 5.91 Å². The number of benzene rings is 1. The van der Waals surface area contributed by atoms with Crippen molar-refractivity contribution in [2.45, 2.75) is 44.7 Å². The van der Waals surface area contributed by atoms with E-state index in [9.17, 15) is 9.18 Å². The minimum Gasteiger partial charge on any atom is -0.325 e. The molecule has 7 heteroatoms. The van der Waals surface area contributed by atoms with E-state index >= 15 is 0 Å². The zero-order valence-electron chi connectivity index (χ0n) is 15.7. The summed E-state index contributed by atoms with van der Waals surface area (Å²) in [4.78, 5) is 23.4. The average Bonchev–Trinajstić information content (AvgIpc) is 3.32. The van der Waals surface area contributed by atoms with Gasteiger partial charge in [0, 0.05) is 5.69 Å². The Kier molecular flexibility index (Phi) is 5.64. The van der Waals surface area contributed by atoms with E-state index in [1.807, 2.05) is 11.4 Å². The monoisotopic (exact) mass is 415 g/mol. The van der Waals surface area contributed by atoms with Crippen LogP contribution in [-0.2, 0) is 4.79 Å². The summed E-state index contributed by atoms with van der Waals surface area (Å²) < 4.78 is 13.7. The van der Waals surface area contributed by atoms with E-state index in [4.69, 9.17) is 9.98 Å². The van der Waals surface area contributed by atoms with Crippen molar-refractivity contribution in [3.63, 3.8) is 0 Å². The summed E-state index contributed by atoms with van der Waals surface area (Å²) in [7, 11) is 0. The molecule has 2 aliphatic rings. The summed E-state index contributed by atoms with van der Waals surface area (Å²) in [5, 5.41) is 5.64. The van der Waals surface area contributed by atoms with E-state index in [1.165, 1.54) is 24.2 Å². The number of aliphatic imine (C=N–C) groups is 2. The number of carbonyl (C=O) groups is 1. The Morgan fingerprint density at radius 2 is 2.07 bits per heavy atom. The second-order valence-electron chi connectivity index (χ2n) is 7.20. The zero-order chi connectivity index (χ0) is 19.6. The van der Waals surface area contributed by atoms with Crippen LogP contribution in [0, 0.1) is 12.7 Å². The van der Waals surface area contributed by atoms with Crippen LogP contribution in [0.2, 0.25) is 0 Å². The van der Waals surface area contributed by atoms with E-state index in [2.05, 4.69) is 11.4 Å². The number of thiophene rings is 1. The third kappa shape index (κ3) is 4.20. The molecule has 1 saturated carbocycles. The van der Waals surface area contributed by atoms with Crippen LogP contribution < -0.4 is 5.32 Å². The molecular weight excluding hydrogens is 393 g/mol. The molecule has 0 bridgehead atoms. The number of nitrogens with zero attached hydrogens (tertiary/aromatic N) is 2. The molecule has 4 nitrogen and oxygen atoms in total. The number of thioether (sulfide) groups is 1. The van der Waals surface area contributed by atoms with Gasteiger partial charge in [0.1, 0.15) is 16.6 Å². The lowest BCUT2D eigenvalue weighted by atomic mass is 9.90. The molecule has 0 radical (unpaired) electrons. The minimum atomic E-state index is -0.337. The third-order valence-corrected chi connectivity index (χ3v) is 6.88. The molecule has 1 N–H and O–H groups in total. The van der Waals surface area contributed by atoms with Crippen molar-refractivity contribution in [2.24, 2.45) is 9.98 Å². The molecule has 1 aromatic carbocycles. The number of hydrogen-bond acceptors (Lipinski definition) is 5. The number of hydrogen-bond donors (Lipinski definition) is 1. The SMILES string of the molecule is Cc1ccc(NC(=O)CSC2=NC3(CCCCC3)N=C2c2cccs2)cc1F. The van der Waals surface area contributed by atoms with Crippen LogP contribution in [-0.4, -0.2) is 28.1 Å². The predicted molar refractivity (Wildman–Crippen MR) is 116 cm³/mol. The van der Waals surface area contributed by atoms with E-state index in [0.29, 0.717) is 11.3 Å². The van der Waals surface area contributed by atoms with Gasteiger partial charge in [-0.3, -0.25) is 9.79 Å². The molecule has 0 unspecified atom stereocenters. The Bertz CT molecular complexity index is 931. The lowest BCUT2D eigenvalue weighted by molar-refractivity contribution is -0.113. The summed E-state index contributed by atoms with van der Waals surface area (Å²) in [6.07, 6.45) is 5.46. The van der Waals surface area contributed by atoms with Crippen LogP contribution in [0.25, 0.3) is 0 Å². The van der Waals surface area contributed by atoms with Crippen molar-refractivity contribution in [3.05, 3.63) is 52.0 Å². The van der Waals surface area contributed by atoms with Gasteiger partial charge >= 0.3 is 0 Å². The lowest BCUT2D eigenvalue weighted by Gasteiger charge is -2.27. The second kappa shape index (κ2) is 8.17. The molecule has 28 heavy (non-hydrogen) atoms. The van der Waals surface area contributed by atoms with Gasteiger partial charge in [0.15, 0.2) is 5.66 Å². The maximum Gasteiger partial charge on any atom is 0.234 e. The third-order valence-electron chi connectivity index (χ3n) is 5.04. The van der Waals surface area contributed by atoms with Crippen molar-refractivity contribution in [1.82, 2.24) is 0 Å². The van der Waals surface area contributed by atoms with Gasteiger partial charge in [-0.15, -0.1) is 11.3 Å². The number of carbonyl (C=O) groups excluding carboxylic acids is 1. The van der Waals surface area contributed by atoms with E-state index in [-0.39, 0.29) is 23.1 Å². The molecule has 0 atom stereocenters. The van der Waals surface area contributed by atoms with Crippen molar-refractivity contribution in [3.8, 4) is 0 Å². The molecule has 1 fully saturated rings. The molecule has 0 saturated heterocycles. The van der Waals surface area contributed by atoms with Crippen molar-refractivity contribution < 1.29 is 9.18 Å². The highest BCUT2D eigenvalue weighted by atomic mass is 32.2. The molecule has 1 aromatic heterocycles. The van der Waals surface area contributed by atoms with Gasteiger partial charge in [-0.1, -0.05) is 30.3 Å². The van der Waals surface area contributed by atoms with Gasteiger partial charge in [-0.2, -0.15) is 0 Å². The van der Waals surface area contributed by atoms with Crippen molar-refractivity contribution >= 4 is 45.4 Å². The first kappa shape index (κ1) is 19.3. The summed E-state index contributed by atoms with van der Waals surface area (Å²) in [6, 6.07) is 8.78. The molecule has 1 spiro atoms. The first-order valence-electron chi connectivity index (χ1n) is 9.47. The number of rotatable bonds is 4. The van der Waals surface area contributed by atoms with Gasteiger partial charge in [0.25, 0.3) is 0 Å². The maximum absolute atomic E-state index is 13.7. The quantitative estimate of drug-likeness (QED) is 0.724. The minimum absolute atomic E-state index is 0.175. The fourth-order valence-corrected chi connectivity index (χ4v) is 5.19. The van der Waals surface area contributed by atoms with Crippen molar-refractivity contribution in [1.29, 1.82) is 0 Å². The summed E-state index contributed by atoms with van der Waals surface area (Å²) >= 11 is 3.06. The Labute approximate surface area is 172 Å². The van der Waals surface area contributed by atoms with Crippen molar-refractivity contribution in [2.75, 3.05) is 11.1 Å². The first-order valence-corrected chi connectivity index (χ1v) is 11.3. The van der Waals surface area contributed by atoms with Gasteiger partial charge in [-0.05, 0) is 61.7 Å². The highest BCUT2D eigenvalue weighted by molar-refractivity contribution is 8.16. The largest absolute Gasteiger partial charge is 0.325 e. The maximum atomic E-state index is 13.7. The number of halogens is 1. The van der Waals surface area contributed by atoms with E-state index < -0.39 is 0 Å². The van der Waals surface area contributed by atoms with Crippen LogP contribution in [0.5, 0.6) is 0 Å². The molecule has 1 aliphatic carbocycles. The Hall–Kier alpha value is -1.99. The van der Waals surface area contributed by atoms with Gasteiger partial charge < -0.3 is 5.32 Å². The number of anilines is 1. The Morgan fingerprint density at radius 3 is 2.79 bits per heavy atom. The molecule has 146 valence electrons. The summed E-state index contributed by atoms with van der Waals surface area (Å²) in [5.41, 5.74) is 1.60. The highest BCUT2D eigenvalue weighted by Crippen LogP contribution is 2.39. The molecular formula is C21H22FN3OS2. The van der Waals surface area contributed by atoms with Crippen LogP contribution in [0.4, 0.5) is 10.1 Å². The fourth-order valence-electron chi connectivity index (χ4n) is 3.54. The van der Waals surface area contributed by atoms with Gasteiger partial charge in [0.05, 0.1) is 10.6 Å². The topological polar surface area (TPSA) is 53.8 Å². The smallest absolute Gasteiger partial charge is 0.234 e. The van der Waals surface area contributed by atoms with Crippen LogP contribution in [0.15, 0.2) is 45.7 Å². The van der Waals surface area contributed by atoms with E-state index in [0.717, 1.165) is 41.3 Å². The van der Waals surface area contributed by atoms with E-state index in [1.54, 1.807) is 30.4 Å². The fraction of sp³-hybridized carbons (Fsp3) is 0.381. The zero-order valence-corrected chi connectivity index (χ0v) is 17.3. The molecule has 2 aromatic rings. The molecule has 4 rings (SSSR count). The average molecular weight is 416 g/mol. The molecule has 2 heterocycles. The first-order chi connectivity index (χ1) is 13.5. The van der Waals surface area contributed by atoms with Crippen LogP contribution in [0.1, 0.15) is 42.5 Å². The van der Waals surface area contributed by atoms with Crippen LogP contribution in [0.3, 0.4) is 0 Å². The summed E-state index contributed by atoms with van der Waals surface area (Å²) in [6.45, 7) is 1.70. The standard InChI is InChI=1S/C21H22FN3OS2/c1-14-7-8-15(12-16(14)22)23-18(26)13-28-20-19(17-6-5-11-27-17)24-21(25-20)9-3-2-4-10-21/h5-8,11-12H,2-4,9-10,13H2,1H3,(H,23,26). The molecule has 1 amide bonds. The summed E-state index contributed by atoms with van der Waals surface area (Å²) in [5.74, 6) is -0.280. The Morgan fingerprint density at radius 1 is 1.25 bits per heavy atom. The number of nitrogens with one attached hydrogen (secondary N) is 1. The number of amides is 1. The lowest BCUT2D eigenvalue weighted by Crippen LogP contribution is -2.25. The highest BCUT2D eigenvalue weighted by Gasteiger charge is 2.38.